The Morgan fingerprint density at radius 2 is 1.96 bits per heavy atom. The molecule has 0 radical (unpaired) electrons. The highest BCUT2D eigenvalue weighted by Crippen LogP contribution is 2.33. The summed E-state index contributed by atoms with van der Waals surface area (Å²) < 4.78 is 5.29. The van der Waals surface area contributed by atoms with E-state index in [0.717, 1.165) is 24.4 Å². The minimum Gasteiger partial charge on any atom is -0.497 e. The molecule has 2 N–H and O–H groups in total. The molecule has 1 saturated heterocycles. The van der Waals surface area contributed by atoms with Crippen molar-refractivity contribution in [1.82, 2.24) is 4.90 Å². The Bertz CT molecular complexity index is 732. The second-order valence-corrected chi connectivity index (χ2v) is 7.19. The number of nitrogens with zero attached hydrogens (tertiary/aromatic N) is 1. The van der Waals surface area contributed by atoms with E-state index in [-0.39, 0.29) is 11.8 Å². The Kier molecular flexibility index (Phi) is 5.94. The summed E-state index contributed by atoms with van der Waals surface area (Å²) in [4.78, 5) is 14.9. The third-order valence-electron chi connectivity index (χ3n) is 5.47. The first-order valence-electron chi connectivity index (χ1n) is 9.29. The van der Waals surface area contributed by atoms with E-state index < -0.39 is 0 Å². The lowest BCUT2D eigenvalue weighted by molar-refractivity contribution is -0.130. The molecule has 2 aromatic carbocycles. The number of likely N-dealkylation sites (tertiary alicyclic amines) is 1. The quantitative estimate of drug-likeness (QED) is 0.867. The molecule has 138 valence electrons. The number of rotatable bonds is 6. The van der Waals surface area contributed by atoms with Crippen LogP contribution >= 0.6 is 0 Å². The number of hydrogen-bond acceptors (Lipinski definition) is 3. The monoisotopic (exact) mass is 352 g/mol. The largest absolute Gasteiger partial charge is 0.497 e. The Morgan fingerprint density at radius 1 is 1.19 bits per heavy atom. The van der Waals surface area contributed by atoms with Gasteiger partial charge in [0.15, 0.2) is 0 Å². The molecule has 0 bridgehead atoms. The SMILES string of the molecule is COc1cccc(C(C)CC(=O)N2C[C@@H](CN)[C@H](c3ccccc3)C2)c1. The van der Waals surface area contributed by atoms with Crippen molar-refractivity contribution in [1.29, 1.82) is 0 Å². The van der Waals surface area contributed by atoms with Gasteiger partial charge in [0, 0.05) is 25.4 Å². The van der Waals surface area contributed by atoms with Crippen LogP contribution in [0.5, 0.6) is 5.75 Å². The summed E-state index contributed by atoms with van der Waals surface area (Å²) in [7, 11) is 1.66. The summed E-state index contributed by atoms with van der Waals surface area (Å²) in [5.41, 5.74) is 8.40. The fraction of sp³-hybridized carbons (Fsp3) is 0.409. The molecule has 26 heavy (non-hydrogen) atoms. The molecule has 1 aliphatic heterocycles. The lowest BCUT2D eigenvalue weighted by Crippen LogP contribution is -2.30. The van der Waals surface area contributed by atoms with Gasteiger partial charge in [0.05, 0.1) is 7.11 Å². The smallest absolute Gasteiger partial charge is 0.223 e. The summed E-state index contributed by atoms with van der Waals surface area (Å²) >= 11 is 0. The van der Waals surface area contributed by atoms with Crippen LogP contribution in [-0.4, -0.2) is 37.6 Å². The fourth-order valence-corrected chi connectivity index (χ4v) is 3.85. The van der Waals surface area contributed by atoms with E-state index >= 15 is 0 Å². The van der Waals surface area contributed by atoms with Crippen LogP contribution in [0.3, 0.4) is 0 Å². The Morgan fingerprint density at radius 3 is 2.65 bits per heavy atom. The van der Waals surface area contributed by atoms with Crippen LogP contribution in [0.4, 0.5) is 0 Å². The van der Waals surface area contributed by atoms with Gasteiger partial charge in [-0.05, 0) is 41.6 Å². The zero-order valence-electron chi connectivity index (χ0n) is 15.6. The highest BCUT2D eigenvalue weighted by molar-refractivity contribution is 5.77. The van der Waals surface area contributed by atoms with Crippen LogP contribution < -0.4 is 10.5 Å². The standard InChI is InChI=1S/C22H28N2O2/c1-16(18-9-6-10-20(12-18)26-2)11-22(25)24-14-19(13-23)21(15-24)17-7-4-3-5-8-17/h3-10,12,16,19,21H,11,13-15,23H2,1-2H3/t16?,19-,21+/m1/s1. The topological polar surface area (TPSA) is 55.6 Å². The highest BCUT2D eigenvalue weighted by atomic mass is 16.5. The van der Waals surface area contributed by atoms with E-state index in [1.54, 1.807) is 7.11 Å². The van der Waals surface area contributed by atoms with Gasteiger partial charge in [0.25, 0.3) is 0 Å². The van der Waals surface area contributed by atoms with Gasteiger partial charge >= 0.3 is 0 Å². The predicted octanol–water partition coefficient (Wildman–Crippen LogP) is 3.39. The van der Waals surface area contributed by atoms with Gasteiger partial charge < -0.3 is 15.4 Å². The van der Waals surface area contributed by atoms with Crippen molar-refractivity contribution < 1.29 is 9.53 Å². The van der Waals surface area contributed by atoms with Gasteiger partial charge in [-0.1, -0.05) is 49.4 Å². The molecule has 1 heterocycles. The molecule has 3 rings (SSSR count). The van der Waals surface area contributed by atoms with E-state index in [9.17, 15) is 4.79 Å². The lowest BCUT2D eigenvalue weighted by atomic mass is 9.89. The van der Waals surface area contributed by atoms with Gasteiger partial charge in [-0.15, -0.1) is 0 Å². The number of benzene rings is 2. The zero-order chi connectivity index (χ0) is 18.5. The van der Waals surface area contributed by atoms with Crippen LogP contribution in [0.15, 0.2) is 54.6 Å². The van der Waals surface area contributed by atoms with Crippen LogP contribution in [0.1, 0.15) is 36.3 Å². The van der Waals surface area contributed by atoms with Crippen molar-refractivity contribution in [3.8, 4) is 5.75 Å². The molecule has 1 aliphatic rings. The minimum absolute atomic E-state index is 0.157. The average Bonchev–Trinajstić information content (AvgIpc) is 3.13. The zero-order valence-corrected chi connectivity index (χ0v) is 15.6. The highest BCUT2D eigenvalue weighted by Gasteiger charge is 2.35. The van der Waals surface area contributed by atoms with Gasteiger partial charge in [-0.25, -0.2) is 0 Å². The van der Waals surface area contributed by atoms with Crippen LogP contribution in [-0.2, 0) is 4.79 Å². The van der Waals surface area contributed by atoms with E-state index in [4.69, 9.17) is 10.5 Å². The second kappa shape index (κ2) is 8.37. The number of ether oxygens (including phenoxy) is 1. The lowest BCUT2D eigenvalue weighted by Gasteiger charge is -2.20. The third kappa shape index (κ3) is 4.07. The van der Waals surface area contributed by atoms with Gasteiger partial charge in [0.2, 0.25) is 5.91 Å². The Hall–Kier alpha value is -2.33. The first-order chi connectivity index (χ1) is 12.6. The molecule has 2 aromatic rings. The van der Waals surface area contributed by atoms with E-state index in [2.05, 4.69) is 37.3 Å². The molecular weight excluding hydrogens is 324 g/mol. The van der Waals surface area contributed by atoms with E-state index in [1.165, 1.54) is 5.56 Å². The van der Waals surface area contributed by atoms with E-state index in [0.29, 0.717) is 24.8 Å². The molecule has 3 atom stereocenters. The van der Waals surface area contributed by atoms with Gasteiger partial charge in [0.1, 0.15) is 5.75 Å². The van der Waals surface area contributed by atoms with Crippen LogP contribution in [0.25, 0.3) is 0 Å². The van der Waals surface area contributed by atoms with Gasteiger partial charge in [-0.3, -0.25) is 4.79 Å². The number of hydrogen-bond donors (Lipinski definition) is 1. The third-order valence-corrected chi connectivity index (χ3v) is 5.47. The van der Waals surface area contributed by atoms with Crippen molar-refractivity contribution in [2.45, 2.75) is 25.2 Å². The maximum atomic E-state index is 12.9. The molecule has 1 unspecified atom stereocenters. The molecule has 4 nitrogen and oxygen atoms in total. The average molecular weight is 352 g/mol. The number of amides is 1. The molecule has 1 amide bonds. The summed E-state index contributed by atoms with van der Waals surface area (Å²) in [5.74, 6) is 1.85. The summed E-state index contributed by atoms with van der Waals surface area (Å²) in [5, 5.41) is 0. The number of carbonyl (C=O) groups is 1. The predicted molar refractivity (Wildman–Crippen MR) is 104 cm³/mol. The Balaban J connectivity index is 1.66. The molecule has 0 saturated carbocycles. The molecule has 0 aliphatic carbocycles. The maximum absolute atomic E-state index is 12.9. The van der Waals surface area contributed by atoms with Crippen molar-refractivity contribution in [2.75, 3.05) is 26.7 Å². The molecular formula is C22H28N2O2. The molecule has 0 spiro atoms. The molecule has 4 heteroatoms. The summed E-state index contributed by atoms with van der Waals surface area (Å²) in [6.07, 6.45) is 0.506. The van der Waals surface area contributed by atoms with E-state index in [1.807, 2.05) is 29.2 Å². The van der Waals surface area contributed by atoms with Crippen molar-refractivity contribution in [3.05, 3.63) is 65.7 Å². The first kappa shape index (κ1) is 18.5. The maximum Gasteiger partial charge on any atom is 0.223 e. The van der Waals surface area contributed by atoms with Crippen LogP contribution in [0, 0.1) is 5.92 Å². The first-order valence-corrected chi connectivity index (χ1v) is 9.29. The van der Waals surface area contributed by atoms with Crippen LogP contribution in [0.2, 0.25) is 0 Å². The van der Waals surface area contributed by atoms with Gasteiger partial charge in [-0.2, -0.15) is 0 Å². The van der Waals surface area contributed by atoms with Crippen molar-refractivity contribution in [2.24, 2.45) is 11.7 Å². The number of methoxy groups -OCH3 is 1. The summed E-state index contributed by atoms with van der Waals surface area (Å²) in [6, 6.07) is 18.4. The molecule has 1 fully saturated rings. The van der Waals surface area contributed by atoms with Crippen molar-refractivity contribution >= 4 is 5.91 Å². The minimum atomic E-state index is 0.157. The second-order valence-electron chi connectivity index (χ2n) is 7.19. The summed E-state index contributed by atoms with van der Waals surface area (Å²) in [6.45, 7) is 4.21. The molecule has 0 aromatic heterocycles. The number of nitrogens with two attached hydrogens (primary N) is 1. The normalized spacial score (nSPS) is 20.8. The fourth-order valence-electron chi connectivity index (χ4n) is 3.85. The van der Waals surface area contributed by atoms with Crippen molar-refractivity contribution in [3.63, 3.8) is 0 Å². The Labute approximate surface area is 156 Å². The number of carbonyl (C=O) groups excluding carboxylic acids is 1.